The number of aryl methyl sites for hydroxylation is 2. The smallest absolute Gasteiger partial charge is 0.408 e. The SMILES string of the molecule is COc1ccc(NC(=O)C(c2cc(C)ccc2C)N(C(=O)C(Cc2ccccc2)NC(=O)OC(C)(C)C)C2CC2)cc1. The van der Waals surface area contributed by atoms with Crippen molar-refractivity contribution in [1.29, 1.82) is 0 Å². The minimum Gasteiger partial charge on any atom is -0.497 e. The highest BCUT2D eigenvalue weighted by atomic mass is 16.6. The molecule has 0 bridgehead atoms. The number of rotatable bonds is 10. The van der Waals surface area contributed by atoms with Gasteiger partial charge in [-0.3, -0.25) is 9.59 Å². The molecule has 3 aromatic carbocycles. The van der Waals surface area contributed by atoms with Gasteiger partial charge in [-0.25, -0.2) is 4.79 Å². The van der Waals surface area contributed by atoms with Gasteiger partial charge in [-0.1, -0.05) is 54.1 Å². The highest BCUT2D eigenvalue weighted by Gasteiger charge is 2.44. The standard InChI is InChI=1S/C34H41N3O5/c1-22-12-13-23(2)28(20-22)30(31(38)35-25-14-18-27(41-6)19-15-25)37(26-16-17-26)32(39)29(21-24-10-8-7-9-11-24)36-33(40)42-34(3,4)5/h7-15,18-20,26,29-30H,16-17,21H2,1-6H3,(H,35,38)(H,36,40). The predicted octanol–water partition coefficient (Wildman–Crippen LogP) is 6.12. The summed E-state index contributed by atoms with van der Waals surface area (Å²) in [5, 5.41) is 5.84. The van der Waals surface area contributed by atoms with Crippen LogP contribution < -0.4 is 15.4 Å². The Labute approximate surface area is 248 Å². The van der Waals surface area contributed by atoms with Crippen LogP contribution in [-0.2, 0) is 20.7 Å². The second kappa shape index (κ2) is 13.1. The molecule has 2 atom stereocenters. The minimum atomic E-state index is -0.941. The third kappa shape index (κ3) is 8.12. The Morgan fingerprint density at radius 2 is 1.62 bits per heavy atom. The number of ether oxygens (including phenoxy) is 2. The molecule has 1 aliphatic rings. The first-order chi connectivity index (χ1) is 19.9. The molecule has 4 rings (SSSR count). The number of amides is 3. The summed E-state index contributed by atoms with van der Waals surface area (Å²) < 4.78 is 10.8. The number of carbonyl (C=O) groups excluding carboxylic acids is 3. The number of benzene rings is 3. The number of hydrogen-bond acceptors (Lipinski definition) is 5. The number of nitrogens with zero attached hydrogens (tertiary/aromatic N) is 1. The van der Waals surface area contributed by atoms with E-state index in [1.54, 1.807) is 57.0 Å². The third-order valence-corrected chi connectivity index (χ3v) is 7.08. The van der Waals surface area contributed by atoms with Crippen molar-refractivity contribution in [3.05, 3.63) is 95.1 Å². The van der Waals surface area contributed by atoms with Crippen LogP contribution in [0.5, 0.6) is 5.75 Å². The molecule has 0 radical (unpaired) electrons. The molecule has 1 aliphatic carbocycles. The Kier molecular flexibility index (Phi) is 9.55. The average molecular weight is 572 g/mol. The van der Waals surface area contributed by atoms with Crippen LogP contribution >= 0.6 is 0 Å². The number of methoxy groups -OCH3 is 1. The lowest BCUT2D eigenvalue weighted by Crippen LogP contribution is -2.54. The second-order valence-electron chi connectivity index (χ2n) is 11.8. The number of alkyl carbamates (subject to hydrolysis) is 1. The molecule has 3 aromatic rings. The fraction of sp³-hybridized carbons (Fsp3) is 0.382. The number of carbonyl (C=O) groups is 3. The van der Waals surface area contributed by atoms with E-state index in [0.717, 1.165) is 35.1 Å². The molecule has 222 valence electrons. The first-order valence-electron chi connectivity index (χ1n) is 14.3. The molecule has 0 aromatic heterocycles. The molecule has 2 unspecified atom stereocenters. The number of nitrogens with one attached hydrogen (secondary N) is 2. The topological polar surface area (TPSA) is 97.0 Å². The van der Waals surface area contributed by atoms with Crippen LogP contribution in [0, 0.1) is 13.8 Å². The quantitative estimate of drug-likeness (QED) is 0.306. The van der Waals surface area contributed by atoms with E-state index in [2.05, 4.69) is 10.6 Å². The van der Waals surface area contributed by atoms with Gasteiger partial charge in [0.05, 0.1) is 7.11 Å². The second-order valence-corrected chi connectivity index (χ2v) is 11.8. The molecule has 1 saturated carbocycles. The van der Waals surface area contributed by atoms with Gasteiger partial charge in [-0.05, 0) is 88.4 Å². The molecule has 3 amide bonds. The van der Waals surface area contributed by atoms with E-state index in [1.807, 2.05) is 62.4 Å². The van der Waals surface area contributed by atoms with Gasteiger partial charge in [-0.2, -0.15) is 0 Å². The van der Waals surface area contributed by atoms with Crippen LogP contribution in [0.1, 0.15) is 61.9 Å². The van der Waals surface area contributed by atoms with Gasteiger partial charge in [0.25, 0.3) is 5.91 Å². The van der Waals surface area contributed by atoms with E-state index >= 15 is 0 Å². The van der Waals surface area contributed by atoms with Crippen molar-refractivity contribution in [1.82, 2.24) is 10.2 Å². The molecule has 0 heterocycles. The summed E-state index contributed by atoms with van der Waals surface area (Å²) in [4.78, 5) is 43.3. The van der Waals surface area contributed by atoms with E-state index in [0.29, 0.717) is 11.4 Å². The summed E-state index contributed by atoms with van der Waals surface area (Å²) in [6.45, 7) is 9.23. The molecule has 1 fully saturated rings. The van der Waals surface area contributed by atoms with Crippen LogP contribution in [0.2, 0.25) is 0 Å². The lowest BCUT2D eigenvalue weighted by atomic mass is 9.95. The van der Waals surface area contributed by atoms with Gasteiger partial charge >= 0.3 is 6.09 Å². The molecule has 42 heavy (non-hydrogen) atoms. The average Bonchev–Trinajstić information content (AvgIpc) is 3.77. The number of hydrogen-bond donors (Lipinski definition) is 2. The zero-order valence-electron chi connectivity index (χ0n) is 25.3. The van der Waals surface area contributed by atoms with E-state index in [1.165, 1.54) is 0 Å². The van der Waals surface area contributed by atoms with Crippen molar-refractivity contribution < 1.29 is 23.9 Å². The van der Waals surface area contributed by atoms with Crippen LogP contribution in [0.25, 0.3) is 0 Å². The van der Waals surface area contributed by atoms with Crippen LogP contribution in [0.4, 0.5) is 10.5 Å². The molecule has 0 aliphatic heterocycles. The van der Waals surface area contributed by atoms with Gasteiger partial charge in [0.2, 0.25) is 5.91 Å². The zero-order valence-corrected chi connectivity index (χ0v) is 25.3. The summed E-state index contributed by atoms with van der Waals surface area (Å²) in [6.07, 6.45) is 1.11. The van der Waals surface area contributed by atoms with E-state index in [9.17, 15) is 14.4 Å². The summed E-state index contributed by atoms with van der Waals surface area (Å²) in [5.74, 6) is 0.0127. The van der Waals surface area contributed by atoms with Gasteiger partial charge in [0.1, 0.15) is 23.4 Å². The maximum atomic E-state index is 14.5. The van der Waals surface area contributed by atoms with Gasteiger partial charge in [0.15, 0.2) is 0 Å². The zero-order chi connectivity index (χ0) is 30.4. The van der Waals surface area contributed by atoms with Crippen molar-refractivity contribution in [2.75, 3.05) is 12.4 Å². The summed E-state index contributed by atoms with van der Waals surface area (Å²) >= 11 is 0. The Morgan fingerprint density at radius 1 is 0.952 bits per heavy atom. The molecule has 0 spiro atoms. The Bertz CT molecular complexity index is 1390. The van der Waals surface area contributed by atoms with Crippen molar-refractivity contribution in [2.45, 2.75) is 77.6 Å². The van der Waals surface area contributed by atoms with Crippen LogP contribution in [-0.4, -0.2) is 47.6 Å². The normalized spacial score (nSPS) is 14.3. The van der Waals surface area contributed by atoms with Gasteiger partial charge in [0, 0.05) is 18.2 Å². The minimum absolute atomic E-state index is 0.136. The fourth-order valence-electron chi connectivity index (χ4n) is 4.91. The molecular formula is C34H41N3O5. The molecular weight excluding hydrogens is 530 g/mol. The van der Waals surface area contributed by atoms with Crippen LogP contribution in [0.3, 0.4) is 0 Å². The van der Waals surface area contributed by atoms with Crippen molar-refractivity contribution >= 4 is 23.6 Å². The monoisotopic (exact) mass is 571 g/mol. The summed E-state index contributed by atoms with van der Waals surface area (Å²) in [6, 6.07) is 20.5. The molecule has 2 N–H and O–H groups in total. The highest BCUT2D eigenvalue weighted by molar-refractivity contribution is 5.99. The maximum Gasteiger partial charge on any atom is 0.408 e. The third-order valence-electron chi connectivity index (χ3n) is 7.08. The Morgan fingerprint density at radius 3 is 2.21 bits per heavy atom. The fourth-order valence-corrected chi connectivity index (χ4v) is 4.91. The predicted molar refractivity (Wildman–Crippen MR) is 163 cm³/mol. The van der Waals surface area contributed by atoms with Gasteiger partial charge < -0.3 is 25.0 Å². The number of anilines is 1. The van der Waals surface area contributed by atoms with Gasteiger partial charge in [-0.15, -0.1) is 0 Å². The lowest BCUT2D eigenvalue weighted by molar-refractivity contribution is -0.141. The Balaban J connectivity index is 1.73. The van der Waals surface area contributed by atoms with Crippen molar-refractivity contribution in [3.63, 3.8) is 0 Å². The first-order valence-corrected chi connectivity index (χ1v) is 14.3. The highest BCUT2D eigenvalue weighted by Crippen LogP contribution is 2.37. The molecule has 0 saturated heterocycles. The summed E-state index contributed by atoms with van der Waals surface area (Å²) in [7, 11) is 1.58. The maximum absolute atomic E-state index is 14.5. The molecule has 8 heteroatoms. The van der Waals surface area contributed by atoms with Crippen molar-refractivity contribution in [3.8, 4) is 5.75 Å². The first kappa shape index (κ1) is 30.6. The van der Waals surface area contributed by atoms with Crippen molar-refractivity contribution in [2.24, 2.45) is 0 Å². The lowest BCUT2D eigenvalue weighted by Gasteiger charge is -2.35. The van der Waals surface area contributed by atoms with Crippen LogP contribution in [0.15, 0.2) is 72.8 Å². The van der Waals surface area contributed by atoms with E-state index in [4.69, 9.17) is 9.47 Å². The molecule has 8 nitrogen and oxygen atoms in total. The van der Waals surface area contributed by atoms with E-state index < -0.39 is 23.8 Å². The summed E-state index contributed by atoms with van der Waals surface area (Å²) in [5.41, 5.74) is 3.36. The largest absolute Gasteiger partial charge is 0.497 e. The van der Waals surface area contributed by atoms with E-state index in [-0.39, 0.29) is 24.3 Å². The Hall–Kier alpha value is -4.33.